The van der Waals surface area contributed by atoms with Crippen LogP contribution in [0, 0.1) is 6.92 Å². The molecule has 31 heavy (non-hydrogen) atoms. The third-order valence-electron chi connectivity index (χ3n) is 5.65. The zero-order valence-electron chi connectivity index (χ0n) is 17.3. The second-order valence-corrected chi connectivity index (χ2v) is 7.89. The number of anilines is 3. The molecule has 1 aliphatic heterocycles. The Morgan fingerprint density at radius 3 is 2.77 bits per heavy atom. The lowest BCUT2D eigenvalue weighted by Crippen LogP contribution is -2.45. The van der Waals surface area contributed by atoms with Crippen molar-refractivity contribution >= 4 is 23.4 Å². The topological polar surface area (TPSA) is 92.3 Å². The molecule has 0 aromatic carbocycles. The molecule has 2 aromatic heterocycles. The maximum atomic E-state index is 12.8. The van der Waals surface area contributed by atoms with Crippen LogP contribution in [0.2, 0.25) is 0 Å². The van der Waals surface area contributed by atoms with Gasteiger partial charge in [-0.1, -0.05) is 0 Å². The molecule has 1 atom stereocenters. The maximum Gasteiger partial charge on any atom is 0.416 e. The first kappa shape index (κ1) is 21.3. The van der Waals surface area contributed by atoms with E-state index in [1.165, 1.54) is 0 Å². The quantitative estimate of drug-likeness (QED) is 0.744. The lowest BCUT2D eigenvalue weighted by Gasteiger charge is -2.36. The third kappa shape index (κ3) is 4.41. The van der Waals surface area contributed by atoms with Crippen LogP contribution < -0.4 is 15.5 Å². The molecule has 2 N–H and O–H groups in total. The van der Waals surface area contributed by atoms with Crippen LogP contribution in [0.15, 0.2) is 18.3 Å². The van der Waals surface area contributed by atoms with Crippen LogP contribution in [0.4, 0.5) is 30.6 Å². The molecular weight excluding hydrogens is 413 g/mol. The molecule has 0 saturated heterocycles. The number of aromatic nitrogens is 3. The van der Waals surface area contributed by atoms with Crippen LogP contribution in [-0.4, -0.2) is 46.1 Å². The SMILES string of the molecule is Cc1nc(NC2CC(OCc3cc(C(F)(F)F)ccn3)C2)nc2c1NC(=O)[C@H](C)N2C. The van der Waals surface area contributed by atoms with Gasteiger partial charge < -0.3 is 20.3 Å². The number of aryl methyl sites for hydroxylation is 1. The van der Waals surface area contributed by atoms with Crippen LogP contribution in [-0.2, 0) is 22.3 Å². The summed E-state index contributed by atoms with van der Waals surface area (Å²) in [6.45, 7) is 3.64. The van der Waals surface area contributed by atoms with Gasteiger partial charge in [-0.2, -0.15) is 18.2 Å². The van der Waals surface area contributed by atoms with E-state index in [0.717, 1.165) is 18.3 Å². The zero-order chi connectivity index (χ0) is 22.3. The number of nitrogens with one attached hydrogen (secondary N) is 2. The van der Waals surface area contributed by atoms with Crippen LogP contribution in [0.25, 0.3) is 0 Å². The largest absolute Gasteiger partial charge is 0.416 e. The van der Waals surface area contributed by atoms with Crippen LogP contribution in [0.5, 0.6) is 0 Å². The Balaban J connectivity index is 1.32. The lowest BCUT2D eigenvalue weighted by molar-refractivity contribution is -0.137. The normalized spacial score (nSPS) is 23.1. The summed E-state index contributed by atoms with van der Waals surface area (Å²) in [5, 5.41) is 6.11. The molecule has 2 aromatic rings. The number of carbonyl (C=O) groups is 1. The van der Waals surface area contributed by atoms with Gasteiger partial charge in [-0.25, -0.2) is 4.98 Å². The van der Waals surface area contributed by atoms with Crippen LogP contribution in [0.1, 0.15) is 36.7 Å². The first-order valence-electron chi connectivity index (χ1n) is 9.94. The molecule has 11 heteroatoms. The van der Waals surface area contributed by atoms with Crippen LogP contribution in [0.3, 0.4) is 0 Å². The molecule has 3 heterocycles. The summed E-state index contributed by atoms with van der Waals surface area (Å²) < 4.78 is 44.1. The fourth-order valence-corrected chi connectivity index (χ4v) is 3.55. The third-order valence-corrected chi connectivity index (χ3v) is 5.65. The van der Waals surface area contributed by atoms with E-state index < -0.39 is 11.7 Å². The molecule has 4 rings (SSSR count). The van der Waals surface area contributed by atoms with Gasteiger partial charge in [0.25, 0.3) is 0 Å². The second-order valence-electron chi connectivity index (χ2n) is 7.89. The van der Waals surface area contributed by atoms with Gasteiger partial charge in [0, 0.05) is 19.3 Å². The van der Waals surface area contributed by atoms with Crippen molar-refractivity contribution in [2.75, 3.05) is 22.6 Å². The maximum absolute atomic E-state index is 12.8. The Morgan fingerprint density at radius 2 is 2.06 bits per heavy atom. The highest BCUT2D eigenvalue weighted by Crippen LogP contribution is 2.34. The van der Waals surface area contributed by atoms with Gasteiger partial charge in [-0.3, -0.25) is 9.78 Å². The summed E-state index contributed by atoms with van der Waals surface area (Å²) in [4.78, 5) is 26.7. The molecule has 8 nitrogen and oxygen atoms in total. The van der Waals surface area contributed by atoms with Gasteiger partial charge in [0.05, 0.1) is 29.7 Å². The molecule has 1 amide bonds. The van der Waals surface area contributed by atoms with E-state index in [-0.39, 0.29) is 36.4 Å². The number of likely N-dealkylation sites (N-methyl/N-ethyl adjacent to an activating group) is 1. The molecule has 2 aliphatic rings. The minimum atomic E-state index is -4.40. The minimum absolute atomic E-state index is 0.0259. The molecule has 1 saturated carbocycles. The van der Waals surface area contributed by atoms with Crippen molar-refractivity contribution in [3.8, 4) is 0 Å². The molecular formula is C20H23F3N6O2. The van der Waals surface area contributed by atoms with E-state index in [4.69, 9.17) is 4.74 Å². The number of pyridine rings is 1. The number of rotatable bonds is 5. The van der Waals surface area contributed by atoms with Gasteiger partial charge in [0.15, 0.2) is 5.82 Å². The van der Waals surface area contributed by atoms with Crippen molar-refractivity contribution in [3.63, 3.8) is 0 Å². The monoisotopic (exact) mass is 436 g/mol. The number of hydrogen-bond donors (Lipinski definition) is 2. The average Bonchev–Trinajstić information content (AvgIpc) is 2.68. The number of ether oxygens (including phenoxy) is 1. The van der Waals surface area contributed by atoms with Crippen molar-refractivity contribution in [1.29, 1.82) is 0 Å². The fourth-order valence-electron chi connectivity index (χ4n) is 3.55. The Labute approximate surface area is 177 Å². The molecule has 0 unspecified atom stereocenters. The van der Waals surface area contributed by atoms with E-state index in [0.29, 0.717) is 36.0 Å². The summed E-state index contributed by atoms with van der Waals surface area (Å²) in [7, 11) is 1.81. The number of amides is 1. The molecule has 0 radical (unpaired) electrons. The first-order chi connectivity index (χ1) is 14.6. The summed E-state index contributed by atoms with van der Waals surface area (Å²) in [6, 6.07) is 1.71. The average molecular weight is 436 g/mol. The van der Waals surface area contributed by atoms with Gasteiger partial charge in [-0.15, -0.1) is 0 Å². The predicted octanol–water partition coefficient (Wildman–Crippen LogP) is 3.14. The number of halogens is 3. The Bertz CT molecular complexity index is 993. The molecule has 1 aliphatic carbocycles. The Hall–Kier alpha value is -2.95. The minimum Gasteiger partial charge on any atom is -0.372 e. The van der Waals surface area contributed by atoms with Crippen molar-refractivity contribution in [3.05, 3.63) is 35.3 Å². The van der Waals surface area contributed by atoms with Gasteiger partial charge in [0.1, 0.15) is 11.7 Å². The number of fused-ring (bicyclic) bond motifs is 1. The van der Waals surface area contributed by atoms with E-state index >= 15 is 0 Å². The summed E-state index contributed by atoms with van der Waals surface area (Å²) >= 11 is 0. The Kier molecular flexibility index (Phi) is 5.46. The lowest BCUT2D eigenvalue weighted by atomic mass is 9.89. The predicted molar refractivity (Wildman–Crippen MR) is 108 cm³/mol. The van der Waals surface area contributed by atoms with Crippen molar-refractivity contribution in [2.24, 2.45) is 0 Å². The van der Waals surface area contributed by atoms with Gasteiger partial charge in [0.2, 0.25) is 11.9 Å². The first-order valence-corrected chi connectivity index (χ1v) is 9.94. The second kappa shape index (κ2) is 7.95. The van der Waals surface area contributed by atoms with E-state index in [9.17, 15) is 18.0 Å². The van der Waals surface area contributed by atoms with E-state index in [1.807, 2.05) is 18.9 Å². The number of alkyl halides is 3. The molecule has 166 valence electrons. The van der Waals surface area contributed by atoms with Crippen molar-refractivity contribution < 1.29 is 22.7 Å². The zero-order valence-corrected chi connectivity index (χ0v) is 17.3. The standard InChI is InChI=1S/C20H23F3N6O2/c1-10-16-17(29(3)11(2)18(30)27-16)28-19(25-10)26-13-7-15(8-13)31-9-14-6-12(4-5-24-14)20(21,22)23/h4-6,11,13,15H,7-9H2,1-3H3,(H,27,30)(H,25,26,28)/t11-,13?,15?/m0/s1. The van der Waals surface area contributed by atoms with Gasteiger partial charge >= 0.3 is 6.18 Å². The summed E-state index contributed by atoms with van der Waals surface area (Å²) in [5.41, 5.74) is 0.797. The Morgan fingerprint density at radius 1 is 1.32 bits per heavy atom. The van der Waals surface area contributed by atoms with E-state index in [1.54, 1.807) is 6.92 Å². The van der Waals surface area contributed by atoms with Crippen molar-refractivity contribution in [2.45, 2.75) is 57.7 Å². The number of nitrogens with zero attached hydrogens (tertiary/aromatic N) is 4. The highest BCUT2D eigenvalue weighted by Gasteiger charge is 2.34. The van der Waals surface area contributed by atoms with E-state index in [2.05, 4.69) is 25.6 Å². The summed E-state index contributed by atoms with van der Waals surface area (Å²) in [6.07, 6.45) is -1.97. The highest BCUT2D eigenvalue weighted by atomic mass is 19.4. The van der Waals surface area contributed by atoms with Crippen LogP contribution >= 0.6 is 0 Å². The highest BCUT2D eigenvalue weighted by molar-refractivity contribution is 6.03. The fraction of sp³-hybridized carbons (Fsp3) is 0.500. The molecule has 0 spiro atoms. The molecule has 0 bridgehead atoms. The summed E-state index contributed by atoms with van der Waals surface area (Å²) in [5.74, 6) is 1.02. The molecule has 1 fully saturated rings. The number of hydrogen-bond acceptors (Lipinski definition) is 7. The van der Waals surface area contributed by atoms with Crippen molar-refractivity contribution in [1.82, 2.24) is 15.0 Å². The van der Waals surface area contributed by atoms with Gasteiger partial charge in [-0.05, 0) is 38.8 Å². The smallest absolute Gasteiger partial charge is 0.372 e. The number of carbonyl (C=O) groups excluding carboxylic acids is 1.